The SMILES string of the molecule is C#CCCCCC(=O)Nc1ccc(Br)c(F)c1. The van der Waals surface area contributed by atoms with Crippen LogP contribution in [-0.4, -0.2) is 5.91 Å². The maximum absolute atomic E-state index is 13.2. The summed E-state index contributed by atoms with van der Waals surface area (Å²) in [4.78, 5) is 11.5. The average Bonchev–Trinajstić information content (AvgIpc) is 2.30. The van der Waals surface area contributed by atoms with Gasteiger partial charge in [-0.25, -0.2) is 4.39 Å². The molecule has 4 heteroatoms. The van der Waals surface area contributed by atoms with Gasteiger partial charge in [0.25, 0.3) is 0 Å². The number of amides is 1. The number of nitrogens with one attached hydrogen (secondary N) is 1. The fourth-order valence-corrected chi connectivity index (χ4v) is 1.56. The minimum absolute atomic E-state index is 0.122. The van der Waals surface area contributed by atoms with Gasteiger partial charge in [0.05, 0.1) is 4.47 Å². The summed E-state index contributed by atoms with van der Waals surface area (Å²) in [7, 11) is 0. The molecule has 0 aliphatic heterocycles. The maximum Gasteiger partial charge on any atom is 0.224 e. The van der Waals surface area contributed by atoms with Crippen LogP contribution in [0.15, 0.2) is 22.7 Å². The van der Waals surface area contributed by atoms with Crippen molar-refractivity contribution >= 4 is 27.5 Å². The van der Waals surface area contributed by atoms with Gasteiger partial charge >= 0.3 is 0 Å². The van der Waals surface area contributed by atoms with Crippen molar-refractivity contribution in [3.63, 3.8) is 0 Å². The van der Waals surface area contributed by atoms with Crippen LogP contribution >= 0.6 is 15.9 Å². The van der Waals surface area contributed by atoms with Crippen LogP contribution in [0.5, 0.6) is 0 Å². The third kappa shape index (κ3) is 5.01. The summed E-state index contributed by atoms with van der Waals surface area (Å²) in [5, 5.41) is 2.64. The largest absolute Gasteiger partial charge is 0.326 e. The van der Waals surface area contributed by atoms with E-state index in [1.807, 2.05) is 0 Å². The van der Waals surface area contributed by atoms with Gasteiger partial charge in [-0.2, -0.15) is 0 Å². The summed E-state index contributed by atoms with van der Waals surface area (Å²) in [5.41, 5.74) is 0.465. The fraction of sp³-hybridized carbons (Fsp3) is 0.308. The molecule has 1 N–H and O–H groups in total. The number of benzene rings is 1. The van der Waals surface area contributed by atoms with E-state index in [9.17, 15) is 9.18 Å². The van der Waals surface area contributed by atoms with E-state index >= 15 is 0 Å². The lowest BCUT2D eigenvalue weighted by Gasteiger charge is -2.05. The van der Waals surface area contributed by atoms with Crippen LogP contribution < -0.4 is 5.32 Å². The molecule has 1 rings (SSSR count). The lowest BCUT2D eigenvalue weighted by Crippen LogP contribution is -2.11. The summed E-state index contributed by atoms with van der Waals surface area (Å²) in [6.07, 6.45) is 7.76. The highest BCUT2D eigenvalue weighted by Crippen LogP contribution is 2.19. The molecule has 0 saturated heterocycles. The minimum atomic E-state index is -0.393. The van der Waals surface area contributed by atoms with Gasteiger partial charge < -0.3 is 5.32 Å². The second-order valence-electron chi connectivity index (χ2n) is 3.59. The van der Waals surface area contributed by atoms with E-state index in [0.717, 1.165) is 12.8 Å². The van der Waals surface area contributed by atoms with Crippen LogP contribution in [0.4, 0.5) is 10.1 Å². The molecule has 0 heterocycles. The van der Waals surface area contributed by atoms with Crippen molar-refractivity contribution < 1.29 is 9.18 Å². The normalized spacial score (nSPS) is 9.71. The number of terminal acetylenes is 1. The number of carbonyl (C=O) groups excluding carboxylic acids is 1. The Bertz CT molecular complexity index is 440. The van der Waals surface area contributed by atoms with Crippen molar-refractivity contribution in [2.24, 2.45) is 0 Å². The topological polar surface area (TPSA) is 29.1 Å². The van der Waals surface area contributed by atoms with Crippen molar-refractivity contribution in [3.8, 4) is 12.3 Å². The molecule has 0 unspecified atom stereocenters. The Labute approximate surface area is 109 Å². The summed E-state index contributed by atoms with van der Waals surface area (Å²) >= 11 is 3.05. The molecule has 2 nitrogen and oxygen atoms in total. The number of carbonyl (C=O) groups is 1. The molecule has 0 aliphatic carbocycles. The van der Waals surface area contributed by atoms with Crippen molar-refractivity contribution in [2.75, 3.05) is 5.32 Å². The highest BCUT2D eigenvalue weighted by Gasteiger charge is 2.04. The summed E-state index contributed by atoms with van der Waals surface area (Å²) < 4.78 is 13.5. The predicted molar refractivity (Wildman–Crippen MR) is 70.0 cm³/mol. The number of anilines is 1. The lowest BCUT2D eigenvalue weighted by molar-refractivity contribution is -0.116. The predicted octanol–water partition coefficient (Wildman–Crippen LogP) is 3.72. The Morgan fingerprint density at radius 1 is 1.47 bits per heavy atom. The Morgan fingerprint density at radius 2 is 2.24 bits per heavy atom. The van der Waals surface area contributed by atoms with Crippen molar-refractivity contribution in [3.05, 3.63) is 28.5 Å². The Kier molecular flexibility index (Phi) is 5.71. The molecule has 1 aromatic rings. The van der Waals surface area contributed by atoms with Crippen LogP contribution in [0.3, 0.4) is 0 Å². The molecule has 0 saturated carbocycles. The average molecular weight is 298 g/mol. The number of halogens is 2. The molecule has 0 atom stereocenters. The number of hydrogen-bond acceptors (Lipinski definition) is 1. The first-order chi connectivity index (χ1) is 8.13. The van der Waals surface area contributed by atoms with Crippen molar-refractivity contribution in [2.45, 2.75) is 25.7 Å². The van der Waals surface area contributed by atoms with E-state index in [4.69, 9.17) is 6.42 Å². The quantitative estimate of drug-likeness (QED) is 0.651. The molecule has 17 heavy (non-hydrogen) atoms. The summed E-state index contributed by atoms with van der Waals surface area (Å²) in [5.74, 6) is 2.00. The fourth-order valence-electron chi connectivity index (χ4n) is 1.31. The van der Waals surface area contributed by atoms with Gasteiger partial charge in [-0.3, -0.25) is 4.79 Å². The van der Waals surface area contributed by atoms with Crippen LogP contribution in [0.25, 0.3) is 0 Å². The molecule has 0 spiro atoms. The second-order valence-corrected chi connectivity index (χ2v) is 4.44. The molecule has 0 fully saturated rings. The van der Waals surface area contributed by atoms with Gasteiger partial charge in [0, 0.05) is 18.5 Å². The van der Waals surface area contributed by atoms with Gasteiger partial charge in [-0.15, -0.1) is 12.3 Å². The minimum Gasteiger partial charge on any atom is -0.326 e. The van der Waals surface area contributed by atoms with Crippen LogP contribution in [0, 0.1) is 18.2 Å². The molecule has 1 amide bonds. The third-order valence-electron chi connectivity index (χ3n) is 2.18. The smallest absolute Gasteiger partial charge is 0.224 e. The van der Waals surface area contributed by atoms with Gasteiger partial charge in [0.2, 0.25) is 5.91 Å². The zero-order valence-electron chi connectivity index (χ0n) is 9.30. The third-order valence-corrected chi connectivity index (χ3v) is 2.82. The van der Waals surface area contributed by atoms with E-state index in [1.165, 1.54) is 6.07 Å². The number of rotatable bonds is 5. The van der Waals surface area contributed by atoms with Crippen molar-refractivity contribution in [1.82, 2.24) is 0 Å². The Morgan fingerprint density at radius 3 is 2.88 bits per heavy atom. The Balaban J connectivity index is 2.40. The summed E-state index contributed by atoms with van der Waals surface area (Å²) in [6, 6.07) is 4.49. The summed E-state index contributed by atoms with van der Waals surface area (Å²) in [6.45, 7) is 0. The second kappa shape index (κ2) is 7.08. The van der Waals surface area contributed by atoms with Gasteiger partial charge in [-0.05, 0) is 47.0 Å². The molecule has 0 aliphatic rings. The molecule has 0 aromatic heterocycles. The van der Waals surface area contributed by atoms with Gasteiger partial charge in [0.15, 0.2) is 0 Å². The van der Waals surface area contributed by atoms with Gasteiger partial charge in [-0.1, -0.05) is 0 Å². The molecule has 0 bridgehead atoms. The first-order valence-corrected chi connectivity index (χ1v) is 6.11. The number of hydrogen-bond donors (Lipinski definition) is 1. The Hall–Kier alpha value is -1.34. The van der Waals surface area contributed by atoms with Crippen LogP contribution in [0.2, 0.25) is 0 Å². The molecule has 1 aromatic carbocycles. The standard InChI is InChI=1S/C13H13BrFNO/c1-2-3-4-5-6-13(17)16-10-7-8-11(14)12(15)9-10/h1,7-9H,3-6H2,(H,16,17). The van der Waals surface area contributed by atoms with E-state index in [2.05, 4.69) is 27.2 Å². The van der Waals surface area contributed by atoms with E-state index in [0.29, 0.717) is 23.0 Å². The monoisotopic (exact) mass is 297 g/mol. The molecule has 90 valence electrons. The molecule has 0 radical (unpaired) electrons. The zero-order valence-corrected chi connectivity index (χ0v) is 10.9. The molecular formula is C13H13BrFNO. The first-order valence-electron chi connectivity index (χ1n) is 5.32. The number of unbranched alkanes of at least 4 members (excludes halogenated alkanes) is 2. The first kappa shape index (κ1) is 13.7. The highest BCUT2D eigenvalue weighted by atomic mass is 79.9. The van der Waals surface area contributed by atoms with Crippen LogP contribution in [0.1, 0.15) is 25.7 Å². The van der Waals surface area contributed by atoms with E-state index < -0.39 is 5.82 Å². The molecular weight excluding hydrogens is 285 g/mol. The highest BCUT2D eigenvalue weighted by molar-refractivity contribution is 9.10. The van der Waals surface area contributed by atoms with Crippen molar-refractivity contribution in [1.29, 1.82) is 0 Å². The van der Waals surface area contributed by atoms with E-state index in [1.54, 1.807) is 12.1 Å². The van der Waals surface area contributed by atoms with E-state index in [-0.39, 0.29) is 5.91 Å². The zero-order chi connectivity index (χ0) is 12.7. The maximum atomic E-state index is 13.2. The lowest BCUT2D eigenvalue weighted by atomic mass is 10.2. The van der Waals surface area contributed by atoms with Gasteiger partial charge in [0.1, 0.15) is 5.82 Å². The van der Waals surface area contributed by atoms with Crippen LogP contribution in [-0.2, 0) is 4.79 Å².